The second kappa shape index (κ2) is 13.8. The number of methoxy groups -OCH3 is 1. The van der Waals surface area contributed by atoms with E-state index < -0.39 is 50.3 Å². The number of carbonyl (C=O) groups is 3. The predicted octanol–water partition coefficient (Wildman–Crippen LogP) is 4.47. The smallest absolute Gasteiger partial charge is 0.259 e. The van der Waals surface area contributed by atoms with E-state index in [9.17, 15) is 22.8 Å². The van der Waals surface area contributed by atoms with E-state index in [4.69, 9.17) is 9.47 Å². The fourth-order valence-electron chi connectivity index (χ4n) is 7.20. The number of benzene rings is 2. The van der Waals surface area contributed by atoms with E-state index >= 15 is 0 Å². The van der Waals surface area contributed by atoms with Gasteiger partial charge in [0.2, 0.25) is 27.7 Å². The molecule has 270 valence electrons. The Bertz CT molecular complexity index is 1960. The average Bonchev–Trinajstić information content (AvgIpc) is 4.00. The van der Waals surface area contributed by atoms with Crippen molar-refractivity contribution in [3.05, 3.63) is 72.9 Å². The normalized spacial score (nSPS) is 28.2. The van der Waals surface area contributed by atoms with E-state index in [1.54, 1.807) is 25.1 Å². The number of anilines is 1. The SMILES string of the molecule is COc1cccc(N[C@H]2CCCCC/C=C\[C@H]3C[C@@]3(C(=O)NS(=O)(=O)C3(C)CC3)NC(=O)[C@@H]3C[C@@H](Oc4nccc5ccccc45)CN3C2=O)c1. The summed E-state index contributed by atoms with van der Waals surface area (Å²) in [5.41, 5.74) is -0.738. The third-order valence-corrected chi connectivity index (χ3v) is 13.0. The van der Waals surface area contributed by atoms with Crippen LogP contribution in [0.25, 0.3) is 10.8 Å². The van der Waals surface area contributed by atoms with E-state index in [0.717, 1.165) is 36.5 Å². The molecule has 2 aromatic carbocycles. The highest BCUT2D eigenvalue weighted by Gasteiger charge is 2.63. The molecule has 3 N–H and O–H groups in total. The lowest BCUT2D eigenvalue weighted by atomic mass is 10.0. The maximum atomic E-state index is 14.6. The van der Waals surface area contributed by atoms with Gasteiger partial charge in [-0.25, -0.2) is 13.4 Å². The molecule has 51 heavy (non-hydrogen) atoms. The average molecular weight is 716 g/mol. The Hall–Kier alpha value is -4.65. The molecular weight excluding hydrogens is 671 g/mol. The molecule has 3 aromatic rings. The van der Waals surface area contributed by atoms with Gasteiger partial charge in [0.15, 0.2) is 0 Å². The van der Waals surface area contributed by atoms with Gasteiger partial charge in [0.1, 0.15) is 29.5 Å². The Kier molecular flexibility index (Phi) is 9.42. The van der Waals surface area contributed by atoms with Crippen molar-refractivity contribution < 1.29 is 32.3 Å². The van der Waals surface area contributed by atoms with E-state index in [-0.39, 0.29) is 31.2 Å². The third kappa shape index (κ3) is 7.13. The Labute approximate surface area is 298 Å². The van der Waals surface area contributed by atoms with Crippen molar-refractivity contribution in [3.63, 3.8) is 0 Å². The van der Waals surface area contributed by atoms with Crippen molar-refractivity contribution in [2.45, 2.75) is 93.2 Å². The number of aromatic nitrogens is 1. The zero-order valence-electron chi connectivity index (χ0n) is 29.0. The maximum absolute atomic E-state index is 14.6. The molecule has 1 saturated heterocycles. The molecule has 5 atom stereocenters. The van der Waals surface area contributed by atoms with Crippen LogP contribution in [0.2, 0.25) is 0 Å². The van der Waals surface area contributed by atoms with Crippen molar-refractivity contribution in [2.24, 2.45) is 5.92 Å². The molecule has 12 nitrogen and oxygen atoms in total. The molecule has 3 fully saturated rings. The first-order valence-electron chi connectivity index (χ1n) is 17.8. The summed E-state index contributed by atoms with van der Waals surface area (Å²) in [5.74, 6) is -0.875. The number of allylic oxidation sites excluding steroid dienone is 1. The molecule has 0 radical (unpaired) electrons. The summed E-state index contributed by atoms with van der Waals surface area (Å²) >= 11 is 0. The van der Waals surface area contributed by atoms with Gasteiger partial charge in [-0.05, 0) is 75.1 Å². The van der Waals surface area contributed by atoms with Crippen LogP contribution in [0.5, 0.6) is 11.6 Å². The number of pyridine rings is 1. The van der Waals surface area contributed by atoms with Gasteiger partial charge in [-0.3, -0.25) is 19.1 Å². The molecule has 3 amide bonds. The summed E-state index contributed by atoms with van der Waals surface area (Å²) in [4.78, 5) is 48.8. The summed E-state index contributed by atoms with van der Waals surface area (Å²) in [6.07, 6.45) is 10.2. The number of hydrogen-bond acceptors (Lipinski definition) is 9. The van der Waals surface area contributed by atoms with Crippen LogP contribution >= 0.6 is 0 Å². The number of amides is 3. The fourth-order valence-corrected chi connectivity index (χ4v) is 8.52. The summed E-state index contributed by atoms with van der Waals surface area (Å²) in [7, 11) is -2.36. The standard InChI is InChI=1S/C38H45N5O7S/c1-37(18-19-37)51(47,48)42-36(46)38-23-26(38)12-6-4-3-5-7-16-31(40-27-13-10-14-28(21-27)49-2)35(45)43-24-29(22-32(43)33(44)41-38)50-34-30-15-9-8-11-25(30)17-20-39-34/h6,8-15,17,20-21,26,29,31-32,40H,3-5,7,16,18-19,22-24H2,1-2H3,(H,41,44)(H,42,46)/b12-6-/t26-,29+,31-,32-,38+/m0/s1. The van der Waals surface area contributed by atoms with Crippen LogP contribution in [-0.4, -0.2) is 78.2 Å². The topological polar surface area (TPSA) is 156 Å². The number of rotatable bonds is 8. The van der Waals surface area contributed by atoms with Crippen LogP contribution in [0, 0.1) is 5.92 Å². The minimum Gasteiger partial charge on any atom is -0.497 e. The van der Waals surface area contributed by atoms with Gasteiger partial charge < -0.3 is 25.0 Å². The first-order valence-corrected chi connectivity index (χ1v) is 19.3. The Morgan fingerprint density at radius 3 is 2.69 bits per heavy atom. The molecule has 13 heteroatoms. The van der Waals surface area contributed by atoms with Crippen molar-refractivity contribution in [1.29, 1.82) is 0 Å². The van der Waals surface area contributed by atoms with E-state index in [1.807, 2.05) is 66.7 Å². The summed E-state index contributed by atoms with van der Waals surface area (Å²) in [6, 6.07) is 15.3. The molecular formula is C38H45N5O7S. The Balaban J connectivity index is 1.20. The minimum atomic E-state index is -3.94. The molecule has 0 unspecified atom stereocenters. The molecule has 7 rings (SSSR count). The van der Waals surface area contributed by atoms with Gasteiger partial charge in [-0.2, -0.15) is 0 Å². The lowest BCUT2D eigenvalue weighted by Gasteiger charge is -2.30. The van der Waals surface area contributed by atoms with Gasteiger partial charge in [-0.15, -0.1) is 0 Å². The second-order valence-corrected chi connectivity index (χ2v) is 16.7. The van der Waals surface area contributed by atoms with Gasteiger partial charge in [0.25, 0.3) is 5.91 Å². The van der Waals surface area contributed by atoms with Crippen molar-refractivity contribution in [2.75, 3.05) is 19.0 Å². The maximum Gasteiger partial charge on any atom is 0.259 e. The number of nitrogens with zero attached hydrogens (tertiary/aromatic N) is 2. The fraction of sp³-hybridized carbons (Fsp3) is 0.474. The van der Waals surface area contributed by atoms with Crippen LogP contribution < -0.4 is 24.8 Å². The summed E-state index contributed by atoms with van der Waals surface area (Å²) < 4.78 is 39.4. The lowest BCUT2D eigenvalue weighted by molar-refractivity contribution is -0.140. The van der Waals surface area contributed by atoms with Gasteiger partial charge in [0, 0.05) is 35.7 Å². The highest BCUT2D eigenvalue weighted by Crippen LogP contribution is 2.47. The molecule has 3 heterocycles. The van der Waals surface area contributed by atoms with E-state index in [0.29, 0.717) is 36.6 Å². The Morgan fingerprint density at radius 1 is 1.06 bits per heavy atom. The minimum absolute atomic E-state index is 0.118. The number of sulfonamides is 1. The number of fused-ring (bicyclic) bond motifs is 3. The van der Waals surface area contributed by atoms with Gasteiger partial charge in [0.05, 0.1) is 18.4 Å². The van der Waals surface area contributed by atoms with Crippen molar-refractivity contribution in [1.82, 2.24) is 19.9 Å². The zero-order chi connectivity index (χ0) is 35.8. The summed E-state index contributed by atoms with van der Waals surface area (Å²) in [6.45, 7) is 1.73. The van der Waals surface area contributed by atoms with Crippen LogP contribution in [-0.2, 0) is 24.4 Å². The largest absolute Gasteiger partial charge is 0.497 e. The first kappa shape index (κ1) is 34.8. The summed E-state index contributed by atoms with van der Waals surface area (Å²) in [5, 5.41) is 8.11. The molecule has 0 spiro atoms. The number of carbonyl (C=O) groups excluding carboxylic acids is 3. The van der Waals surface area contributed by atoms with Gasteiger partial charge >= 0.3 is 0 Å². The molecule has 2 aliphatic carbocycles. The molecule has 1 aromatic heterocycles. The van der Waals surface area contributed by atoms with Crippen LogP contribution in [0.3, 0.4) is 0 Å². The van der Waals surface area contributed by atoms with Crippen LogP contribution in [0.1, 0.15) is 64.7 Å². The number of hydrogen-bond donors (Lipinski definition) is 3. The van der Waals surface area contributed by atoms with Crippen LogP contribution in [0.15, 0.2) is 72.9 Å². The zero-order valence-corrected chi connectivity index (χ0v) is 29.8. The highest BCUT2D eigenvalue weighted by atomic mass is 32.2. The van der Waals surface area contributed by atoms with Crippen molar-refractivity contribution in [3.8, 4) is 11.6 Å². The van der Waals surface area contributed by atoms with Crippen molar-refractivity contribution >= 4 is 44.2 Å². The molecule has 2 saturated carbocycles. The molecule has 2 aliphatic heterocycles. The van der Waals surface area contributed by atoms with E-state index in [1.165, 1.54) is 0 Å². The molecule has 4 aliphatic rings. The highest BCUT2D eigenvalue weighted by molar-refractivity contribution is 7.91. The predicted molar refractivity (Wildman–Crippen MR) is 193 cm³/mol. The third-order valence-electron chi connectivity index (χ3n) is 10.8. The lowest BCUT2D eigenvalue weighted by Crippen LogP contribution is -2.58. The first-order chi connectivity index (χ1) is 24.5. The number of ether oxygens (including phenoxy) is 2. The van der Waals surface area contributed by atoms with E-state index in [2.05, 4.69) is 20.3 Å². The quantitative estimate of drug-likeness (QED) is 0.287. The Morgan fingerprint density at radius 2 is 1.88 bits per heavy atom. The second-order valence-electron chi connectivity index (χ2n) is 14.5. The number of nitrogens with one attached hydrogen (secondary N) is 3. The monoisotopic (exact) mass is 715 g/mol. The van der Waals surface area contributed by atoms with Crippen LogP contribution in [0.4, 0.5) is 5.69 Å². The van der Waals surface area contributed by atoms with Gasteiger partial charge in [-0.1, -0.05) is 49.3 Å². The molecule has 0 bridgehead atoms.